The molecule has 36 heavy (non-hydrogen) atoms. The summed E-state index contributed by atoms with van der Waals surface area (Å²) in [5.41, 5.74) is 2.71. The molecule has 0 bridgehead atoms. The van der Waals surface area contributed by atoms with E-state index in [2.05, 4.69) is 15.6 Å². The van der Waals surface area contributed by atoms with Crippen LogP contribution in [0.3, 0.4) is 0 Å². The van der Waals surface area contributed by atoms with Crippen molar-refractivity contribution in [2.75, 3.05) is 18.5 Å². The molecule has 3 unspecified atom stereocenters. The zero-order valence-electron chi connectivity index (χ0n) is 20.8. The van der Waals surface area contributed by atoms with Crippen LogP contribution in [0.2, 0.25) is 0 Å². The highest BCUT2D eigenvalue weighted by Gasteiger charge is 2.53. The van der Waals surface area contributed by atoms with E-state index >= 15 is 0 Å². The van der Waals surface area contributed by atoms with E-state index < -0.39 is 29.4 Å². The second kappa shape index (κ2) is 10.9. The lowest BCUT2D eigenvalue weighted by atomic mass is 9.70. The number of allylic oxidation sites excluding steroid dienone is 1. The summed E-state index contributed by atoms with van der Waals surface area (Å²) in [5.74, 6) is -1.71. The molecule has 1 aliphatic rings. The number of nitrogens with one attached hydrogen (secondary N) is 2. The second-order valence-corrected chi connectivity index (χ2v) is 9.44. The van der Waals surface area contributed by atoms with Crippen molar-refractivity contribution in [1.29, 1.82) is 0 Å². The number of thiazole rings is 1. The van der Waals surface area contributed by atoms with Gasteiger partial charge >= 0.3 is 11.9 Å². The van der Waals surface area contributed by atoms with Crippen molar-refractivity contribution in [3.05, 3.63) is 77.1 Å². The summed E-state index contributed by atoms with van der Waals surface area (Å²) < 4.78 is 10.9. The van der Waals surface area contributed by atoms with Gasteiger partial charge in [0.05, 0.1) is 36.1 Å². The van der Waals surface area contributed by atoms with Crippen molar-refractivity contribution >= 4 is 28.4 Å². The Morgan fingerprint density at radius 3 is 2.44 bits per heavy atom. The van der Waals surface area contributed by atoms with Crippen LogP contribution < -0.4 is 10.6 Å². The van der Waals surface area contributed by atoms with Gasteiger partial charge in [0, 0.05) is 29.0 Å². The maximum absolute atomic E-state index is 13.5. The number of hydrogen-bond donors (Lipinski definition) is 2. The van der Waals surface area contributed by atoms with E-state index in [-0.39, 0.29) is 13.2 Å². The van der Waals surface area contributed by atoms with Gasteiger partial charge in [0.1, 0.15) is 5.92 Å². The molecule has 8 nitrogen and oxygen atoms in total. The summed E-state index contributed by atoms with van der Waals surface area (Å²) in [4.78, 5) is 35.5. The molecule has 4 rings (SSSR count). The van der Waals surface area contributed by atoms with Gasteiger partial charge in [-0.1, -0.05) is 30.3 Å². The van der Waals surface area contributed by atoms with Gasteiger partial charge < -0.3 is 20.1 Å². The van der Waals surface area contributed by atoms with Crippen LogP contribution in [0.4, 0.5) is 5.13 Å². The summed E-state index contributed by atoms with van der Waals surface area (Å²) >= 11 is 1.40. The highest BCUT2D eigenvalue weighted by Crippen LogP contribution is 2.42. The topological polar surface area (TPSA) is 102 Å². The maximum atomic E-state index is 13.5. The number of ether oxygens (including phenoxy) is 2. The number of carbonyl (C=O) groups excluding carboxylic acids is 2. The third-order valence-corrected chi connectivity index (χ3v) is 7.06. The minimum atomic E-state index is -0.865. The van der Waals surface area contributed by atoms with Crippen molar-refractivity contribution in [3.8, 4) is 11.3 Å². The number of carbonyl (C=O) groups is 2. The van der Waals surface area contributed by atoms with Crippen molar-refractivity contribution in [3.63, 3.8) is 0 Å². The Balaban J connectivity index is 1.82. The Labute approximate surface area is 214 Å². The largest absolute Gasteiger partial charge is 0.466 e. The highest BCUT2D eigenvalue weighted by atomic mass is 32.1. The predicted octanol–water partition coefficient (Wildman–Crippen LogP) is 4.52. The van der Waals surface area contributed by atoms with Gasteiger partial charge in [-0.3, -0.25) is 9.78 Å². The Morgan fingerprint density at radius 1 is 1.08 bits per heavy atom. The summed E-state index contributed by atoms with van der Waals surface area (Å²) in [6, 6.07) is 12.7. The summed E-state index contributed by atoms with van der Waals surface area (Å²) in [6.45, 7) is 7.73. The van der Waals surface area contributed by atoms with E-state index in [0.717, 1.165) is 16.8 Å². The lowest BCUT2D eigenvalue weighted by Gasteiger charge is -2.47. The summed E-state index contributed by atoms with van der Waals surface area (Å²) in [6.07, 6.45) is 3.42. The van der Waals surface area contributed by atoms with E-state index in [9.17, 15) is 9.59 Å². The summed E-state index contributed by atoms with van der Waals surface area (Å²) in [7, 11) is 0. The number of anilines is 1. The third kappa shape index (κ3) is 4.97. The number of benzene rings is 1. The van der Waals surface area contributed by atoms with Crippen LogP contribution in [0, 0.1) is 5.92 Å². The molecule has 2 aromatic heterocycles. The van der Waals surface area contributed by atoms with Crippen molar-refractivity contribution < 1.29 is 19.1 Å². The number of pyridine rings is 1. The molecule has 2 N–H and O–H groups in total. The standard InChI is InChI=1S/C27H30N4O4S/c1-5-34-24(32)21-17(3)31-27(4,19-10-8-7-9-11-19)22(25(33)35-6-2)23(21)30-26-29-20(16-36-26)18-12-14-28-15-13-18/h7-16,22-23,31H,5-6H2,1-4H3,(H,29,30). The second-order valence-electron chi connectivity index (χ2n) is 8.58. The van der Waals surface area contributed by atoms with E-state index in [1.807, 2.05) is 61.7 Å². The normalized spacial score (nSPS) is 21.4. The smallest absolute Gasteiger partial charge is 0.337 e. The van der Waals surface area contributed by atoms with Crippen LogP contribution in [0.25, 0.3) is 11.3 Å². The SMILES string of the molecule is CCOC(=O)C1=C(C)NC(C)(c2ccccc2)C(C(=O)OCC)C1Nc1nc(-c2ccncc2)cs1. The average Bonchev–Trinajstić information content (AvgIpc) is 3.34. The lowest BCUT2D eigenvalue weighted by molar-refractivity contribution is -0.152. The van der Waals surface area contributed by atoms with Crippen molar-refractivity contribution in [1.82, 2.24) is 15.3 Å². The predicted molar refractivity (Wildman–Crippen MR) is 139 cm³/mol. The first-order valence-electron chi connectivity index (χ1n) is 11.9. The van der Waals surface area contributed by atoms with Crippen LogP contribution in [-0.2, 0) is 24.6 Å². The molecule has 1 aliphatic heterocycles. The highest BCUT2D eigenvalue weighted by molar-refractivity contribution is 7.14. The average molecular weight is 507 g/mol. The molecule has 0 saturated carbocycles. The van der Waals surface area contributed by atoms with E-state index in [1.165, 1.54) is 11.3 Å². The maximum Gasteiger partial charge on any atom is 0.337 e. The first-order chi connectivity index (χ1) is 17.4. The number of rotatable bonds is 8. The molecule has 3 heterocycles. The monoisotopic (exact) mass is 506 g/mol. The number of esters is 2. The fourth-order valence-electron chi connectivity index (χ4n) is 4.68. The van der Waals surface area contributed by atoms with Crippen LogP contribution in [0.15, 0.2) is 71.5 Å². The van der Waals surface area contributed by atoms with Crippen LogP contribution >= 0.6 is 11.3 Å². The van der Waals surface area contributed by atoms with Gasteiger partial charge in [-0.05, 0) is 45.4 Å². The molecule has 3 atom stereocenters. The quantitative estimate of drug-likeness (QED) is 0.430. The molecule has 0 spiro atoms. The number of hydrogen-bond acceptors (Lipinski definition) is 9. The fourth-order valence-corrected chi connectivity index (χ4v) is 5.44. The molecule has 0 aliphatic carbocycles. The van der Waals surface area contributed by atoms with Crippen LogP contribution in [0.5, 0.6) is 0 Å². The summed E-state index contributed by atoms with van der Waals surface area (Å²) in [5, 5.41) is 9.35. The molecule has 0 fully saturated rings. The Morgan fingerprint density at radius 2 is 1.78 bits per heavy atom. The first kappa shape index (κ1) is 25.4. The van der Waals surface area contributed by atoms with E-state index in [4.69, 9.17) is 14.5 Å². The number of aromatic nitrogens is 2. The van der Waals surface area contributed by atoms with Crippen LogP contribution in [0.1, 0.15) is 33.3 Å². The van der Waals surface area contributed by atoms with Crippen molar-refractivity contribution in [2.24, 2.45) is 5.92 Å². The van der Waals surface area contributed by atoms with Gasteiger partial charge in [0.2, 0.25) is 0 Å². The van der Waals surface area contributed by atoms with Crippen LogP contribution in [-0.4, -0.2) is 41.2 Å². The number of nitrogens with zero attached hydrogens (tertiary/aromatic N) is 2. The fraction of sp³-hybridized carbons (Fsp3) is 0.333. The molecule has 0 saturated heterocycles. The molecule has 188 valence electrons. The van der Waals surface area contributed by atoms with E-state index in [0.29, 0.717) is 16.4 Å². The Hall–Kier alpha value is -3.72. The van der Waals surface area contributed by atoms with Gasteiger partial charge in [0.25, 0.3) is 0 Å². The molecular formula is C27H30N4O4S. The minimum Gasteiger partial charge on any atom is -0.466 e. The molecular weight excluding hydrogens is 476 g/mol. The Kier molecular flexibility index (Phi) is 7.69. The molecule has 3 aromatic rings. The first-order valence-corrected chi connectivity index (χ1v) is 12.8. The lowest BCUT2D eigenvalue weighted by Crippen LogP contribution is -2.60. The van der Waals surface area contributed by atoms with Gasteiger partial charge in [0.15, 0.2) is 5.13 Å². The van der Waals surface area contributed by atoms with Gasteiger partial charge in [-0.15, -0.1) is 11.3 Å². The zero-order valence-corrected chi connectivity index (χ0v) is 21.6. The minimum absolute atomic E-state index is 0.214. The van der Waals surface area contributed by atoms with Crippen molar-refractivity contribution in [2.45, 2.75) is 39.3 Å². The van der Waals surface area contributed by atoms with Gasteiger partial charge in [-0.2, -0.15) is 0 Å². The Bertz CT molecular complexity index is 1240. The molecule has 0 radical (unpaired) electrons. The molecule has 9 heteroatoms. The van der Waals surface area contributed by atoms with E-state index in [1.54, 1.807) is 26.2 Å². The molecule has 1 aromatic carbocycles. The molecule has 0 amide bonds. The third-order valence-electron chi connectivity index (χ3n) is 6.29. The van der Waals surface area contributed by atoms with Gasteiger partial charge in [-0.25, -0.2) is 9.78 Å². The zero-order chi connectivity index (χ0) is 25.7.